The number of likely N-dealkylation sites (N-methyl/N-ethyl adjacent to an activating group) is 1. The summed E-state index contributed by atoms with van der Waals surface area (Å²) in [5, 5.41) is 24.3. The van der Waals surface area contributed by atoms with E-state index in [9.17, 15) is 65.6 Å². The monoisotopic (exact) mass is 1080 g/mol. The number of nitrogens with zero attached hydrogens (tertiary/aromatic N) is 7. The van der Waals surface area contributed by atoms with E-state index in [-0.39, 0.29) is 95.6 Å². The van der Waals surface area contributed by atoms with E-state index in [2.05, 4.69) is 23.8 Å². The van der Waals surface area contributed by atoms with Crippen molar-refractivity contribution in [3.05, 3.63) is 178 Å². The lowest BCUT2D eigenvalue weighted by atomic mass is 9.92. The first-order valence-corrected chi connectivity index (χ1v) is 23.8. The minimum atomic E-state index is -4.80. The highest BCUT2D eigenvalue weighted by molar-refractivity contribution is 6.06. The number of esters is 2. The number of alkyl halides is 6. The molecule has 78 heavy (non-hydrogen) atoms. The van der Waals surface area contributed by atoms with Gasteiger partial charge in [0, 0.05) is 37.6 Å². The molecule has 2 aliphatic heterocycles. The Morgan fingerprint density at radius 3 is 1.31 bits per heavy atom. The van der Waals surface area contributed by atoms with Gasteiger partial charge in [0.15, 0.2) is 0 Å². The number of carbonyl (C=O) groups is 6. The zero-order valence-electron chi connectivity index (χ0n) is 42.3. The molecule has 17 nitrogen and oxygen atoms in total. The highest BCUT2D eigenvalue weighted by Gasteiger charge is 2.46. The molecule has 0 unspecified atom stereocenters. The van der Waals surface area contributed by atoms with E-state index in [0.29, 0.717) is 0 Å². The smallest absolute Gasteiger partial charge is 0.416 e. The van der Waals surface area contributed by atoms with Crippen molar-refractivity contribution >= 4 is 47.2 Å². The number of allylic oxidation sites excluding steroid dienone is 2. The van der Waals surface area contributed by atoms with E-state index in [1.165, 1.54) is 86.7 Å². The molecule has 6 amide bonds. The number of rotatable bonds is 20. The van der Waals surface area contributed by atoms with Crippen molar-refractivity contribution in [2.45, 2.75) is 38.3 Å². The number of nitrogens with one attached hydrogen (secondary N) is 2. The Morgan fingerprint density at radius 1 is 0.628 bits per heavy atom. The molecule has 2 N–H and O–H groups in total. The first kappa shape index (κ1) is 58.0. The number of carbonyl (C=O) groups excluding carboxylic acids is 6. The molecule has 6 rings (SSSR count). The molecule has 406 valence electrons. The van der Waals surface area contributed by atoms with Gasteiger partial charge in [0.2, 0.25) is 11.8 Å². The number of hydrogen-bond donors (Lipinski definition) is 2. The average molecular weight is 1080 g/mol. The summed E-state index contributed by atoms with van der Waals surface area (Å²) in [5.74, 6) is -3.41. The van der Waals surface area contributed by atoms with Crippen molar-refractivity contribution in [1.82, 2.24) is 25.3 Å². The van der Waals surface area contributed by atoms with E-state index < -0.39 is 84.5 Å². The average Bonchev–Trinajstić information content (AvgIpc) is 3.53. The lowest BCUT2D eigenvalue weighted by Gasteiger charge is -2.42. The molecule has 23 heteroatoms. The van der Waals surface area contributed by atoms with Gasteiger partial charge >= 0.3 is 36.4 Å². The summed E-state index contributed by atoms with van der Waals surface area (Å²) in [6, 6.07) is 18.6. The van der Waals surface area contributed by atoms with Crippen LogP contribution in [0.1, 0.15) is 59.3 Å². The zero-order valence-corrected chi connectivity index (χ0v) is 42.3. The SMILES string of the molecule is C=CCOC(=O)C1=C(C)N(c2cccc(C(F)(F)F)c2)C(=O)N(CC(=O)NCCN(C)CCNC(=O)CN2C(=O)N(c3cccc(C(F)(F)F)c3)C(C)=C(C(=O)OCC=C)[C@H]2c2ccc(C#N)cc2)[C@@H]1c1ccc(C#N)cc1. The summed E-state index contributed by atoms with van der Waals surface area (Å²) in [7, 11) is 1.64. The third kappa shape index (κ3) is 13.4. The quantitative estimate of drug-likeness (QED) is 0.0489. The third-order valence-corrected chi connectivity index (χ3v) is 12.4. The fourth-order valence-corrected chi connectivity index (χ4v) is 8.70. The molecule has 0 fully saturated rings. The predicted molar refractivity (Wildman–Crippen MR) is 271 cm³/mol. The number of amides is 6. The Labute approximate surface area is 444 Å². The fraction of sp³-hybridized carbons (Fsp3) is 0.273. The van der Waals surface area contributed by atoms with Crippen LogP contribution in [0.15, 0.2) is 145 Å². The number of ether oxygens (including phenoxy) is 2. The van der Waals surface area contributed by atoms with Gasteiger partial charge in [-0.05, 0) is 92.7 Å². The third-order valence-electron chi connectivity index (χ3n) is 12.4. The number of benzene rings is 4. The van der Waals surface area contributed by atoms with Gasteiger partial charge in [-0.15, -0.1) is 0 Å². The van der Waals surface area contributed by atoms with Gasteiger partial charge in [0.25, 0.3) is 0 Å². The standard InChI is InChI=1S/C55H51F6N9O8/c1-6-26-77-50(73)46-34(3)69(42-12-8-10-40(28-42)54(56,57)58)52(75)67(48(46)38-18-14-36(30-62)15-19-38)32-44(71)64-22-24-66(5)25-23-65-45(72)33-68-49(39-20-16-37(31-63)17-21-39)47(51(74)78-27-7-2)35(4)70(53(68)76)43-13-9-11-41(29-43)55(59,60)61/h6-21,28-29,48-49H,1-2,22-27,32-33H2,3-5H3,(H,64,71)(H,65,72)/t48-,49-/m1/s1. The first-order valence-electron chi connectivity index (χ1n) is 23.8. The Kier molecular flexibility index (Phi) is 18.7. The molecule has 0 aliphatic carbocycles. The van der Waals surface area contributed by atoms with Crippen LogP contribution in [-0.2, 0) is 41.0 Å². The maximum absolute atomic E-state index is 14.6. The fourth-order valence-electron chi connectivity index (χ4n) is 8.70. The molecule has 0 saturated heterocycles. The number of hydrogen-bond acceptors (Lipinski definition) is 11. The van der Waals surface area contributed by atoms with Gasteiger partial charge < -0.3 is 34.8 Å². The van der Waals surface area contributed by atoms with Crippen LogP contribution in [-0.4, -0.2) is 110 Å². The van der Waals surface area contributed by atoms with Crippen LogP contribution in [0.2, 0.25) is 0 Å². The molecule has 0 saturated carbocycles. The summed E-state index contributed by atoms with van der Waals surface area (Å²) >= 11 is 0. The lowest BCUT2D eigenvalue weighted by Crippen LogP contribution is -2.54. The number of halogens is 6. The first-order chi connectivity index (χ1) is 37.0. The molecule has 2 aliphatic rings. The molecule has 0 aromatic heterocycles. The summed E-state index contributed by atoms with van der Waals surface area (Å²) in [6.45, 7) is 7.98. The molecule has 2 atom stereocenters. The van der Waals surface area contributed by atoms with Crippen LogP contribution in [0, 0.1) is 22.7 Å². The van der Waals surface area contributed by atoms with Gasteiger partial charge in [-0.2, -0.15) is 36.9 Å². The zero-order chi connectivity index (χ0) is 57.1. The van der Waals surface area contributed by atoms with Crippen molar-refractivity contribution in [2.75, 3.05) is 69.3 Å². The van der Waals surface area contributed by atoms with Crippen molar-refractivity contribution in [3.63, 3.8) is 0 Å². The largest absolute Gasteiger partial charge is 0.458 e. The molecule has 0 bridgehead atoms. The number of nitriles is 2. The van der Waals surface area contributed by atoms with Crippen LogP contribution >= 0.6 is 0 Å². The summed E-state index contributed by atoms with van der Waals surface area (Å²) in [6.07, 6.45) is -7.03. The van der Waals surface area contributed by atoms with E-state index in [4.69, 9.17) is 9.47 Å². The second kappa shape index (κ2) is 25.1. The maximum atomic E-state index is 14.6. The van der Waals surface area contributed by atoms with Crippen molar-refractivity contribution in [2.24, 2.45) is 0 Å². The Balaban J connectivity index is 1.18. The second-order valence-electron chi connectivity index (χ2n) is 17.6. The molecule has 4 aromatic carbocycles. The topological polar surface area (TPSA) is 209 Å². The minimum absolute atomic E-state index is 0.0520. The number of anilines is 2. The van der Waals surface area contributed by atoms with E-state index in [1.54, 1.807) is 11.9 Å². The van der Waals surface area contributed by atoms with Gasteiger partial charge in [0.05, 0.1) is 69.0 Å². The molecular weight excluding hydrogens is 1030 g/mol. The Bertz CT molecular complexity index is 2920. The Hall–Kier alpha value is -9.22. The number of urea groups is 2. The van der Waals surface area contributed by atoms with Crippen LogP contribution in [0.25, 0.3) is 0 Å². The molecular formula is C55H51F6N9O8. The van der Waals surface area contributed by atoms with Gasteiger partial charge in [-0.3, -0.25) is 19.4 Å². The van der Waals surface area contributed by atoms with Crippen LogP contribution in [0.4, 0.5) is 47.3 Å². The molecule has 0 spiro atoms. The van der Waals surface area contributed by atoms with Crippen molar-refractivity contribution in [3.8, 4) is 12.1 Å². The van der Waals surface area contributed by atoms with E-state index in [1.807, 2.05) is 12.1 Å². The van der Waals surface area contributed by atoms with E-state index >= 15 is 0 Å². The second-order valence-corrected chi connectivity index (χ2v) is 17.6. The van der Waals surface area contributed by atoms with E-state index in [0.717, 1.165) is 56.0 Å². The van der Waals surface area contributed by atoms with Crippen LogP contribution in [0.3, 0.4) is 0 Å². The lowest BCUT2D eigenvalue weighted by molar-refractivity contribution is -0.139. The van der Waals surface area contributed by atoms with Gasteiger partial charge in [-0.25, -0.2) is 19.2 Å². The van der Waals surface area contributed by atoms with Crippen LogP contribution < -0.4 is 20.4 Å². The normalized spacial score (nSPS) is 15.9. The molecule has 4 aromatic rings. The summed E-state index contributed by atoms with van der Waals surface area (Å²) in [5.41, 5.74) is -2.23. The highest BCUT2D eigenvalue weighted by Crippen LogP contribution is 2.43. The van der Waals surface area contributed by atoms with Crippen molar-refractivity contribution in [1.29, 1.82) is 10.5 Å². The summed E-state index contributed by atoms with van der Waals surface area (Å²) < 4.78 is 94.4. The van der Waals surface area contributed by atoms with Gasteiger partial charge in [0.1, 0.15) is 26.3 Å². The molecule has 2 heterocycles. The predicted octanol–water partition coefficient (Wildman–Crippen LogP) is 8.30. The summed E-state index contributed by atoms with van der Waals surface area (Å²) in [4.78, 5) is 89.8. The highest BCUT2D eigenvalue weighted by atomic mass is 19.4. The van der Waals surface area contributed by atoms with Crippen molar-refractivity contribution < 1.29 is 64.6 Å². The molecule has 0 radical (unpaired) electrons. The Morgan fingerprint density at radius 2 is 0.987 bits per heavy atom. The maximum Gasteiger partial charge on any atom is 0.416 e. The van der Waals surface area contributed by atoms with Crippen LogP contribution in [0.5, 0.6) is 0 Å². The van der Waals surface area contributed by atoms with Gasteiger partial charge in [-0.1, -0.05) is 61.7 Å². The minimum Gasteiger partial charge on any atom is -0.458 e.